The fraction of sp³-hybridized carbons (Fsp3) is 0.409. The van der Waals surface area contributed by atoms with E-state index in [0.29, 0.717) is 13.1 Å². The molecule has 6 heteroatoms. The standard InChI is InChI=1S/C22H27FN2O2S/c1-16(2)24(14-17-5-4-6-20(13-17)27-3)15-21(26)25-11-12-28-22(25)18-7-9-19(23)10-8-18/h4-10,13,16,22H,11-12,14-15H2,1-3H3. The van der Waals surface area contributed by atoms with Crippen molar-refractivity contribution < 1.29 is 13.9 Å². The molecule has 150 valence electrons. The summed E-state index contributed by atoms with van der Waals surface area (Å²) in [7, 11) is 1.66. The van der Waals surface area contributed by atoms with Crippen LogP contribution in [-0.4, -0.2) is 47.7 Å². The maximum absolute atomic E-state index is 13.2. The molecule has 0 N–H and O–H groups in total. The molecule has 1 fully saturated rings. The predicted molar refractivity (Wildman–Crippen MR) is 112 cm³/mol. The molecule has 0 radical (unpaired) electrons. The topological polar surface area (TPSA) is 32.8 Å². The summed E-state index contributed by atoms with van der Waals surface area (Å²) in [5.74, 6) is 1.57. The van der Waals surface area contributed by atoms with Gasteiger partial charge in [0.15, 0.2) is 0 Å². The zero-order valence-corrected chi connectivity index (χ0v) is 17.4. The molecule has 2 aromatic carbocycles. The summed E-state index contributed by atoms with van der Waals surface area (Å²) in [5, 5.41) is -0.0427. The van der Waals surface area contributed by atoms with Gasteiger partial charge in [-0.05, 0) is 49.2 Å². The zero-order valence-electron chi connectivity index (χ0n) is 16.6. The first-order chi connectivity index (χ1) is 13.5. The van der Waals surface area contributed by atoms with Gasteiger partial charge in [0, 0.05) is 24.9 Å². The van der Waals surface area contributed by atoms with E-state index in [1.807, 2.05) is 23.1 Å². The Morgan fingerprint density at radius 3 is 2.71 bits per heavy atom. The molecule has 4 nitrogen and oxygen atoms in total. The third kappa shape index (κ3) is 5.06. The Bertz CT molecular complexity index is 797. The Labute approximate surface area is 170 Å². The highest BCUT2D eigenvalue weighted by Gasteiger charge is 2.31. The minimum absolute atomic E-state index is 0.0427. The van der Waals surface area contributed by atoms with Gasteiger partial charge < -0.3 is 9.64 Å². The number of thioether (sulfide) groups is 1. The molecule has 1 saturated heterocycles. The predicted octanol–water partition coefficient (Wildman–Crippen LogP) is 4.32. The van der Waals surface area contributed by atoms with Gasteiger partial charge in [-0.25, -0.2) is 4.39 Å². The number of nitrogens with zero attached hydrogens (tertiary/aromatic N) is 2. The van der Waals surface area contributed by atoms with E-state index in [9.17, 15) is 9.18 Å². The van der Waals surface area contributed by atoms with Gasteiger partial charge in [-0.3, -0.25) is 9.69 Å². The normalized spacial score (nSPS) is 16.8. The molecule has 0 saturated carbocycles. The van der Waals surface area contributed by atoms with E-state index in [4.69, 9.17) is 4.74 Å². The molecule has 0 aromatic heterocycles. The quantitative estimate of drug-likeness (QED) is 0.691. The summed E-state index contributed by atoms with van der Waals surface area (Å²) >= 11 is 1.73. The van der Waals surface area contributed by atoms with Crippen LogP contribution in [0, 0.1) is 5.82 Å². The first-order valence-electron chi connectivity index (χ1n) is 9.51. The number of hydrogen-bond acceptors (Lipinski definition) is 4. The average molecular weight is 403 g/mol. The van der Waals surface area contributed by atoms with Crippen molar-refractivity contribution in [1.82, 2.24) is 9.80 Å². The van der Waals surface area contributed by atoms with E-state index in [0.717, 1.165) is 29.2 Å². The second kappa shape index (κ2) is 9.43. The fourth-order valence-corrected chi connectivity index (χ4v) is 4.60. The van der Waals surface area contributed by atoms with Gasteiger partial charge in [0.1, 0.15) is 16.9 Å². The number of rotatable bonds is 7. The number of amides is 1. The summed E-state index contributed by atoms with van der Waals surface area (Å²) in [6, 6.07) is 14.6. The highest BCUT2D eigenvalue weighted by molar-refractivity contribution is 7.99. The molecule has 0 bridgehead atoms. The van der Waals surface area contributed by atoms with Crippen LogP contribution in [-0.2, 0) is 11.3 Å². The van der Waals surface area contributed by atoms with E-state index < -0.39 is 0 Å². The van der Waals surface area contributed by atoms with Crippen LogP contribution in [0.2, 0.25) is 0 Å². The number of halogens is 1. The molecule has 28 heavy (non-hydrogen) atoms. The summed E-state index contributed by atoms with van der Waals surface area (Å²) in [6.07, 6.45) is 0. The fourth-order valence-electron chi connectivity index (χ4n) is 3.32. The lowest BCUT2D eigenvalue weighted by molar-refractivity contribution is -0.133. The smallest absolute Gasteiger partial charge is 0.237 e. The molecule has 2 aromatic rings. The number of hydrogen-bond donors (Lipinski definition) is 0. The summed E-state index contributed by atoms with van der Waals surface area (Å²) in [5.41, 5.74) is 2.09. The van der Waals surface area contributed by atoms with Crippen LogP contribution in [0.25, 0.3) is 0 Å². The highest BCUT2D eigenvalue weighted by atomic mass is 32.2. The molecule has 1 unspecified atom stereocenters. The van der Waals surface area contributed by atoms with Crippen LogP contribution >= 0.6 is 11.8 Å². The number of carbonyl (C=O) groups excluding carboxylic acids is 1. The van der Waals surface area contributed by atoms with Gasteiger partial charge >= 0.3 is 0 Å². The Morgan fingerprint density at radius 1 is 1.29 bits per heavy atom. The summed E-state index contributed by atoms with van der Waals surface area (Å²) < 4.78 is 18.6. The number of methoxy groups -OCH3 is 1. The van der Waals surface area contributed by atoms with Crippen molar-refractivity contribution in [2.24, 2.45) is 0 Å². The lowest BCUT2D eigenvalue weighted by Crippen LogP contribution is -2.42. The number of carbonyl (C=O) groups is 1. The molecule has 0 spiro atoms. The minimum Gasteiger partial charge on any atom is -0.497 e. The molecule has 1 amide bonds. The van der Waals surface area contributed by atoms with Crippen molar-refractivity contribution in [3.63, 3.8) is 0 Å². The van der Waals surface area contributed by atoms with E-state index in [1.165, 1.54) is 12.1 Å². The van der Waals surface area contributed by atoms with Gasteiger partial charge in [-0.15, -0.1) is 11.8 Å². The van der Waals surface area contributed by atoms with Crippen molar-refractivity contribution in [2.45, 2.75) is 31.8 Å². The largest absolute Gasteiger partial charge is 0.497 e. The second-order valence-corrected chi connectivity index (χ2v) is 8.40. The third-order valence-electron chi connectivity index (χ3n) is 4.95. The van der Waals surface area contributed by atoms with E-state index in [2.05, 4.69) is 24.8 Å². The van der Waals surface area contributed by atoms with Crippen molar-refractivity contribution in [2.75, 3.05) is 26.0 Å². The number of benzene rings is 2. The SMILES string of the molecule is COc1cccc(CN(CC(=O)N2CCSC2c2ccc(F)cc2)C(C)C)c1. The van der Waals surface area contributed by atoms with Gasteiger partial charge in [-0.2, -0.15) is 0 Å². The Kier molecular flexibility index (Phi) is 6.97. The van der Waals surface area contributed by atoms with Crippen LogP contribution in [0.3, 0.4) is 0 Å². The number of ether oxygens (including phenoxy) is 1. The van der Waals surface area contributed by atoms with Crippen molar-refractivity contribution in [3.05, 3.63) is 65.5 Å². The Hall–Kier alpha value is -2.05. The van der Waals surface area contributed by atoms with Crippen molar-refractivity contribution in [3.8, 4) is 5.75 Å². The first-order valence-corrected chi connectivity index (χ1v) is 10.6. The van der Waals surface area contributed by atoms with Crippen LogP contribution in [0.15, 0.2) is 48.5 Å². The van der Waals surface area contributed by atoms with Crippen LogP contribution in [0.1, 0.15) is 30.3 Å². The molecule has 0 aliphatic carbocycles. The lowest BCUT2D eigenvalue weighted by atomic mass is 10.1. The van der Waals surface area contributed by atoms with Gasteiger partial charge in [-0.1, -0.05) is 24.3 Å². The molecule has 3 rings (SSSR count). The van der Waals surface area contributed by atoms with E-state index >= 15 is 0 Å². The average Bonchev–Trinajstić information content (AvgIpc) is 3.18. The van der Waals surface area contributed by atoms with Crippen LogP contribution in [0.5, 0.6) is 5.75 Å². The minimum atomic E-state index is -0.256. The molecule has 1 heterocycles. The molecular formula is C22H27FN2O2S. The van der Waals surface area contributed by atoms with Crippen molar-refractivity contribution >= 4 is 17.7 Å². The molecule has 1 aliphatic heterocycles. The van der Waals surface area contributed by atoms with E-state index in [-0.39, 0.29) is 23.1 Å². The van der Waals surface area contributed by atoms with Gasteiger partial charge in [0.25, 0.3) is 0 Å². The zero-order chi connectivity index (χ0) is 20.1. The lowest BCUT2D eigenvalue weighted by Gasteiger charge is -2.30. The summed E-state index contributed by atoms with van der Waals surface area (Å²) in [4.78, 5) is 17.2. The molecular weight excluding hydrogens is 375 g/mol. The van der Waals surface area contributed by atoms with E-state index in [1.54, 1.807) is 31.0 Å². The monoisotopic (exact) mass is 402 g/mol. The third-order valence-corrected chi connectivity index (χ3v) is 6.22. The Balaban J connectivity index is 1.70. The summed E-state index contributed by atoms with van der Waals surface area (Å²) in [6.45, 7) is 5.96. The highest BCUT2D eigenvalue weighted by Crippen LogP contribution is 2.38. The van der Waals surface area contributed by atoms with Crippen LogP contribution < -0.4 is 4.74 Å². The maximum Gasteiger partial charge on any atom is 0.237 e. The van der Waals surface area contributed by atoms with Crippen LogP contribution in [0.4, 0.5) is 4.39 Å². The molecule has 1 aliphatic rings. The first kappa shape index (κ1) is 20.7. The molecule has 1 atom stereocenters. The van der Waals surface area contributed by atoms with Gasteiger partial charge in [0.05, 0.1) is 13.7 Å². The second-order valence-electron chi connectivity index (χ2n) is 7.21. The van der Waals surface area contributed by atoms with Gasteiger partial charge in [0.2, 0.25) is 5.91 Å². The van der Waals surface area contributed by atoms with Crippen molar-refractivity contribution in [1.29, 1.82) is 0 Å². The maximum atomic E-state index is 13.2. The Morgan fingerprint density at radius 2 is 2.04 bits per heavy atom.